The quantitative estimate of drug-likeness (QED) is 0.748. The third kappa shape index (κ3) is 2.11. The molecule has 0 spiro atoms. The Labute approximate surface area is 98.0 Å². The zero-order valence-corrected chi connectivity index (χ0v) is 10.9. The van der Waals surface area contributed by atoms with E-state index in [1.165, 1.54) is 0 Å². The van der Waals surface area contributed by atoms with Crippen LogP contribution in [0.3, 0.4) is 0 Å². The molecule has 0 unspecified atom stereocenters. The van der Waals surface area contributed by atoms with Crippen molar-refractivity contribution in [1.82, 2.24) is 13.9 Å². The molecule has 0 atom stereocenters. The van der Waals surface area contributed by atoms with Crippen LogP contribution in [0.4, 0.5) is 0 Å². The Morgan fingerprint density at radius 2 is 1.75 bits per heavy atom. The third-order valence-corrected chi connectivity index (χ3v) is 5.76. The zero-order chi connectivity index (χ0) is 11.8. The summed E-state index contributed by atoms with van der Waals surface area (Å²) in [6.45, 7) is 7.39. The van der Waals surface area contributed by atoms with Gasteiger partial charge in [0.15, 0.2) is 0 Å². The highest BCUT2D eigenvalue weighted by Crippen LogP contribution is 2.32. The van der Waals surface area contributed by atoms with E-state index in [4.69, 9.17) is 0 Å². The Bertz CT molecular complexity index is 347. The molecule has 2 saturated heterocycles. The van der Waals surface area contributed by atoms with E-state index in [0.717, 1.165) is 25.9 Å². The molecular formula is C10H21N3O2S. The third-order valence-electron chi connectivity index (χ3n) is 3.51. The van der Waals surface area contributed by atoms with Gasteiger partial charge in [-0.1, -0.05) is 0 Å². The predicted molar refractivity (Wildman–Crippen MR) is 63.4 cm³/mol. The lowest BCUT2D eigenvalue weighted by Crippen LogP contribution is -2.55. The van der Waals surface area contributed by atoms with Crippen LogP contribution in [0.25, 0.3) is 0 Å². The molecule has 2 aliphatic heterocycles. The van der Waals surface area contributed by atoms with Crippen LogP contribution in [-0.2, 0) is 10.2 Å². The van der Waals surface area contributed by atoms with E-state index in [1.807, 2.05) is 13.8 Å². The number of rotatable bonds is 2. The van der Waals surface area contributed by atoms with Crippen LogP contribution in [0.2, 0.25) is 0 Å². The Morgan fingerprint density at radius 1 is 1.12 bits per heavy atom. The van der Waals surface area contributed by atoms with E-state index in [2.05, 4.69) is 5.32 Å². The Kier molecular flexibility index (Phi) is 3.27. The SMILES string of the molecule is CC1(C)CCCN1S(=O)(=O)N1CCNCC1. The summed E-state index contributed by atoms with van der Waals surface area (Å²) in [5.74, 6) is 0. The summed E-state index contributed by atoms with van der Waals surface area (Å²) < 4.78 is 28.1. The lowest BCUT2D eigenvalue weighted by Gasteiger charge is -2.36. The lowest BCUT2D eigenvalue weighted by atomic mass is 10.0. The average Bonchev–Trinajstić information content (AvgIpc) is 2.60. The molecule has 0 saturated carbocycles. The van der Waals surface area contributed by atoms with Gasteiger partial charge in [-0.25, -0.2) is 0 Å². The first-order valence-electron chi connectivity index (χ1n) is 5.93. The molecule has 1 N–H and O–H groups in total. The maximum Gasteiger partial charge on any atom is 0.282 e. The number of hydrogen-bond acceptors (Lipinski definition) is 3. The van der Waals surface area contributed by atoms with Crippen molar-refractivity contribution in [3.63, 3.8) is 0 Å². The average molecular weight is 247 g/mol. The zero-order valence-electron chi connectivity index (χ0n) is 10.1. The monoisotopic (exact) mass is 247 g/mol. The van der Waals surface area contributed by atoms with Crippen molar-refractivity contribution in [2.24, 2.45) is 0 Å². The van der Waals surface area contributed by atoms with Crippen molar-refractivity contribution in [1.29, 1.82) is 0 Å². The Morgan fingerprint density at radius 3 is 2.25 bits per heavy atom. The van der Waals surface area contributed by atoms with E-state index in [1.54, 1.807) is 8.61 Å². The van der Waals surface area contributed by atoms with Crippen LogP contribution < -0.4 is 5.32 Å². The molecule has 94 valence electrons. The second-order valence-electron chi connectivity index (χ2n) is 5.14. The molecular weight excluding hydrogens is 226 g/mol. The van der Waals surface area contributed by atoms with Crippen LogP contribution >= 0.6 is 0 Å². The van der Waals surface area contributed by atoms with Gasteiger partial charge in [0.25, 0.3) is 10.2 Å². The van der Waals surface area contributed by atoms with Crippen molar-refractivity contribution >= 4 is 10.2 Å². The maximum absolute atomic E-state index is 12.4. The molecule has 2 heterocycles. The van der Waals surface area contributed by atoms with E-state index in [9.17, 15) is 8.42 Å². The van der Waals surface area contributed by atoms with Gasteiger partial charge in [0, 0.05) is 38.3 Å². The molecule has 2 aliphatic rings. The second-order valence-corrected chi connectivity index (χ2v) is 7.00. The first-order valence-corrected chi connectivity index (χ1v) is 7.33. The first kappa shape index (κ1) is 12.3. The Hall–Kier alpha value is -0.170. The number of piperazine rings is 1. The fourth-order valence-electron chi connectivity index (χ4n) is 2.52. The summed E-state index contributed by atoms with van der Waals surface area (Å²) >= 11 is 0. The lowest BCUT2D eigenvalue weighted by molar-refractivity contribution is 0.253. The highest BCUT2D eigenvalue weighted by atomic mass is 32.2. The highest BCUT2D eigenvalue weighted by Gasteiger charge is 2.42. The molecule has 16 heavy (non-hydrogen) atoms. The number of hydrogen-bond donors (Lipinski definition) is 1. The molecule has 2 fully saturated rings. The van der Waals surface area contributed by atoms with E-state index < -0.39 is 10.2 Å². The molecule has 0 aromatic carbocycles. The molecule has 2 rings (SSSR count). The molecule has 0 aromatic heterocycles. The standard InChI is InChI=1S/C10H21N3O2S/c1-10(2)4-3-7-13(10)16(14,15)12-8-5-11-6-9-12/h11H,3-9H2,1-2H3. The summed E-state index contributed by atoms with van der Waals surface area (Å²) in [4.78, 5) is 0. The maximum atomic E-state index is 12.4. The van der Waals surface area contributed by atoms with Crippen LogP contribution in [-0.4, -0.2) is 55.3 Å². The van der Waals surface area contributed by atoms with Crippen LogP contribution in [0.15, 0.2) is 0 Å². The van der Waals surface area contributed by atoms with E-state index >= 15 is 0 Å². The summed E-state index contributed by atoms with van der Waals surface area (Å²) in [5, 5.41) is 3.17. The molecule has 6 heteroatoms. The van der Waals surface area contributed by atoms with Crippen molar-refractivity contribution < 1.29 is 8.42 Å². The predicted octanol–water partition coefficient (Wildman–Crippen LogP) is 0.0108. The minimum absolute atomic E-state index is 0.219. The van der Waals surface area contributed by atoms with Crippen LogP contribution in [0, 0.1) is 0 Å². The van der Waals surface area contributed by atoms with Gasteiger partial charge >= 0.3 is 0 Å². The van der Waals surface area contributed by atoms with Gasteiger partial charge < -0.3 is 5.32 Å². The van der Waals surface area contributed by atoms with Gasteiger partial charge in [0.2, 0.25) is 0 Å². The summed E-state index contributed by atoms with van der Waals surface area (Å²) in [5.41, 5.74) is -0.219. The molecule has 5 nitrogen and oxygen atoms in total. The molecule has 0 aliphatic carbocycles. The molecule has 0 aromatic rings. The van der Waals surface area contributed by atoms with E-state index in [-0.39, 0.29) is 5.54 Å². The van der Waals surface area contributed by atoms with Crippen molar-refractivity contribution in [2.45, 2.75) is 32.2 Å². The summed E-state index contributed by atoms with van der Waals surface area (Å²) in [6.07, 6.45) is 1.93. The van der Waals surface area contributed by atoms with Gasteiger partial charge in [-0.2, -0.15) is 17.0 Å². The molecule has 0 radical (unpaired) electrons. The molecule has 0 bridgehead atoms. The smallest absolute Gasteiger partial charge is 0.282 e. The van der Waals surface area contributed by atoms with Gasteiger partial charge in [-0.15, -0.1) is 0 Å². The van der Waals surface area contributed by atoms with Crippen LogP contribution in [0.5, 0.6) is 0 Å². The summed E-state index contributed by atoms with van der Waals surface area (Å²) in [6, 6.07) is 0. The largest absolute Gasteiger partial charge is 0.314 e. The van der Waals surface area contributed by atoms with Crippen molar-refractivity contribution in [3.05, 3.63) is 0 Å². The van der Waals surface area contributed by atoms with Crippen LogP contribution in [0.1, 0.15) is 26.7 Å². The fourth-order valence-corrected chi connectivity index (χ4v) is 4.52. The topological polar surface area (TPSA) is 52.7 Å². The minimum Gasteiger partial charge on any atom is -0.314 e. The first-order chi connectivity index (χ1) is 7.44. The van der Waals surface area contributed by atoms with Gasteiger partial charge in [0.05, 0.1) is 0 Å². The number of nitrogens with zero attached hydrogens (tertiary/aromatic N) is 2. The van der Waals surface area contributed by atoms with Gasteiger partial charge in [-0.3, -0.25) is 0 Å². The van der Waals surface area contributed by atoms with Gasteiger partial charge in [0.1, 0.15) is 0 Å². The number of nitrogens with one attached hydrogen (secondary N) is 1. The minimum atomic E-state index is -3.24. The summed E-state index contributed by atoms with van der Waals surface area (Å²) in [7, 11) is -3.24. The fraction of sp³-hybridized carbons (Fsp3) is 1.00. The highest BCUT2D eigenvalue weighted by molar-refractivity contribution is 7.86. The van der Waals surface area contributed by atoms with Crippen molar-refractivity contribution in [3.8, 4) is 0 Å². The molecule has 0 amide bonds. The Balaban J connectivity index is 2.18. The van der Waals surface area contributed by atoms with Gasteiger partial charge in [-0.05, 0) is 26.7 Å². The van der Waals surface area contributed by atoms with Crippen molar-refractivity contribution in [2.75, 3.05) is 32.7 Å². The van der Waals surface area contributed by atoms with E-state index in [0.29, 0.717) is 19.6 Å². The second kappa shape index (κ2) is 4.25. The normalized spacial score (nSPS) is 28.4.